The zero-order chi connectivity index (χ0) is 14.5. The zero-order valence-electron chi connectivity index (χ0n) is 12.1. The number of rotatable bonds is 3. The minimum Gasteiger partial charge on any atom is -0.465 e. The van der Waals surface area contributed by atoms with Crippen molar-refractivity contribution < 1.29 is 19.1 Å². The first-order chi connectivity index (χ1) is 8.81. The highest BCUT2D eigenvalue weighted by Crippen LogP contribution is 2.11. The molecule has 1 fully saturated rings. The summed E-state index contributed by atoms with van der Waals surface area (Å²) in [6.45, 7) is 8.18. The SMILES string of the molecule is CCOC(=O)C1CCC(NC(=O)OC(C)(C)C)CN1. The van der Waals surface area contributed by atoms with Gasteiger partial charge in [0.15, 0.2) is 0 Å². The average Bonchev–Trinajstić information content (AvgIpc) is 2.27. The molecule has 1 saturated heterocycles. The first-order valence-corrected chi connectivity index (χ1v) is 6.71. The molecule has 1 aliphatic rings. The van der Waals surface area contributed by atoms with Crippen LogP contribution in [0.5, 0.6) is 0 Å². The van der Waals surface area contributed by atoms with E-state index in [2.05, 4.69) is 10.6 Å². The van der Waals surface area contributed by atoms with Crippen molar-refractivity contribution >= 4 is 12.1 Å². The van der Waals surface area contributed by atoms with Gasteiger partial charge in [-0.3, -0.25) is 4.79 Å². The minimum atomic E-state index is -0.500. The standard InChI is InChI=1S/C13H24N2O4/c1-5-18-11(16)10-7-6-9(8-14-10)15-12(17)19-13(2,3)4/h9-10,14H,5-8H2,1-4H3,(H,15,17). The minimum absolute atomic E-state index is 0.0134. The maximum Gasteiger partial charge on any atom is 0.407 e. The summed E-state index contributed by atoms with van der Waals surface area (Å²) in [5.74, 6) is -0.224. The second kappa shape index (κ2) is 6.75. The predicted molar refractivity (Wildman–Crippen MR) is 70.8 cm³/mol. The van der Waals surface area contributed by atoms with E-state index < -0.39 is 11.7 Å². The van der Waals surface area contributed by atoms with Crippen LogP contribution in [0.1, 0.15) is 40.5 Å². The molecule has 1 rings (SSSR count). The second-order valence-electron chi connectivity index (χ2n) is 5.63. The van der Waals surface area contributed by atoms with Crippen molar-refractivity contribution in [1.29, 1.82) is 0 Å². The van der Waals surface area contributed by atoms with Gasteiger partial charge in [-0.05, 0) is 40.5 Å². The molecule has 2 unspecified atom stereocenters. The maximum atomic E-state index is 11.6. The number of alkyl carbamates (subject to hydrolysis) is 1. The molecule has 1 aliphatic heterocycles. The Hall–Kier alpha value is -1.30. The molecule has 1 amide bonds. The molecule has 2 N–H and O–H groups in total. The smallest absolute Gasteiger partial charge is 0.407 e. The number of ether oxygens (including phenoxy) is 2. The third-order valence-electron chi connectivity index (χ3n) is 2.71. The fourth-order valence-electron chi connectivity index (χ4n) is 1.90. The Morgan fingerprint density at radius 2 is 2.00 bits per heavy atom. The summed E-state index contributed by atoms with van der Waals surface area (Å²) in [6, 6.07) is -0.280. The molecule has 0 aromatic carbocycles. The first-order valence-electron chi connectivity index (χ1n) is 6.71. The van der Waals surface area contributed by atoms with Gasteiger partial charge in [-0.25, -0.2) is 4.79 Å². The molecule has 0 saturated carbocycles. The Morgan fingerprint density at radius 3 is 2.47 bits per heavy atom. The molecule has 0 aromatic rings. The van der Waals surface area contributed by atoms with Crippen LogP contribution in [0.2, 0.25) is 0 Å². The number of hydrogen-bond donors (Lipinski definition) is 2. The molecular weight excluding hydrogens is 248 g/mol. The fourth-order valence-corrected chi connectivity index (χ4v) is 1.90. The number of carbonyl (C=O) groups is 2. The van der Waals surface area contributed by atoms with Gasteiger partial charge >= 0.3 is 12.1 Å². The van der Waals surface area contributed by atoms with E-state index in [4.69, 9.17) is 9.47 Å². The highest BCUT2D eigenvalue weighted by atomic mass is 16.6. The van der Waals surface area contributed by atoms with Crippen LogP contribution < -0.4 is 10.6 Å². The molecular formula is C13H24N2O4. The summed E-state index contributed by atoms with van der Waals surface area (Å²) in [4.78, 5) is 23.1. The molecule has 110 valence electrons. The van der Waals surface area contributed by atoms with Crippen molar-refractivity contribution in [3.8, 4) is 0 Å². The lowest BCUT2D eigenvalue weighted by atomic mass is 10.0. The number of nitrogens with one attached hydrogen (secondary N) is 2. The molecule has 0 aliphatic carbocycles. The summed E-state index contributed by atoms with van der Waals surface area (Å²) >= 11 is 0. The van der Waals surface area contributed by atoms with Crippen LogP contribution in [0.25, 0.3) is 0 Å². The van der Waals surface area contributed by atoms with Crippen LogP contribution in [0.3, 0.4) is 0 Å². The van der Waals surface area contributed by atoms with E-state index in [9.17, 15) is 9.59 Å². The lowest BCUT2D eigenvalue weighted by molar-refractivity contribution is -0.146. The van der Waals surface area contributed by atoms with Gasteiger partial charge < -0.3 is 20.1 Å². The molecule has 6 nitrogen and oxygen atoms in total. The van der Waals surface area contributed by atoms with Crippen molar-refractivity contribution in [2.24, 2.45) is 0 Å². The van der Waals surface area contributed by atoms with Gasteiger partial charge in [-0.15, -0.1) is 0 Å². The highest BCUT2D eigenvalue weighted by molar-refractivity contribution is 5.76. The molecule has 1 heterocycles. The Labute approximate surface area is 114 Å². The second-order valence-corrected chi connectivity index (χ2v) is 5.63. The summed E-state index contributed by atoms with van der Waals surface area (Å²) < 4.78 is 10.1. The van der Waals surface area contributed by atoms with Gasteiger partial charge in [0.25, 0.3) is 0 Å². The van der Waals surface area contributed by atoms with E-state index in [0.717, 1.165) is 6.42 Å². The summed E-state index contributed by atoms with van der Waals surface area (Å²) in [5.41, 5.74) is -0.500. The Morgan fingerprint density at radius 1 is 1.32 bits per heavy atom. The van der Waals surface area contributed by atoms with E-state index in [1.165, 1.54) is 0 Å². The number of carbonyl (C=O) groups excluding carboxylic acids is 2. The largest absolute Gasteiger partial charge is 0.465 e. The van der Waals surface area contributed by atoms with Crippen molar-refractivity contribution in [1.82, 2.24) is 10.6 Å². The van der Waals surface area contributed by atoms with E-state index in [1.807, 2.05) is 20.8 Å². The summed E-state index contributed by atoms with van der Waals surface area (Å²) in [5, 5.41) is 5.87. The van der Waals surface area contributed by atoms with Crippen LogP contribution in [-0.2, 0) is 14.3 Å². The number of hydrogen-bond acceptors (Lipinski definition) is 5. The number of amides is 1. The summed E-state index contributed by atoms with van der Waals surface area (Å²) in [7, 11) is 0. The van der Waals surface area contributed by atoms with Crippen LogP contribution >= 0.6 is 0 Å². The zero-order valence-corrected chi connectivity index (χ0v) is 12.1. The van der Waals surface area contributed by atoms with Gasteiger partial charge in [0.05, 0.1) is 6.61 Å². The molecule has 0 radical (unpaired) electrons. The third-order valence-corrected chi connectivity index (χ3v) is 2.71. The van der Waals surface area contributed by atoms with Gasteiger partial charge in [0.1, 0.15) is 11.6 Å². The van der Waals surface area contributed by atoms with Crippen LogP contribution in [-0.4, -0.2) is 42.9 Å². The van der Waals surface area contributed by atoms with Gasteiger partial charge in [0, 0.05) is 12.6 Å². The molecule has 19 heavy (non-hydrogen) atoms. The Balaban J connectivity index is 2.30. The highest BCUT2D eigenvalue weighted by Gasteiger charge is 2.28. The van der Waals surface area contributed by atoms with Crippen molar-refractivity contribution in [2.45, 2.75) is 58.2 Å². The molecule has 6 heteroatoms. The predicted octanol–water partition coefficient (Wildman–Crippen LogP) is 1.19. The van der Waals surface area contributed by atoms with E-state index >= 15 is 0 Å². The maximum absolute atomic E-state index is 11.6. The number of esters is 1. The first kappa shape index (κ1) is 15.8. The van der Waals surface area contributed by atoms with Crippen LogP contribution in [0.4, 0.5) is 4.79 Å². The van der Waals surface area contributed by atoms with Gasteiger partial charge in [-0.2, -0.15) is 0 Å². The molecule has 0 aromatic heterocycles. The molecule has 0 spiro atoms. The lowest BCUT2D eigenvalue weighted by Crippen LogP contribution is -2.53. The monoisotopic (exact) mass is 272 g/mol. The van der Waals surface area contributed by atoms with E-state index in [0.29, 0.717) is 19.6 Å². The topological polar surface area (TPSA) is 76.7 Å². The third kappa shape index (κ3) is 5.92. The quantitative estimate of drug-likeness (QED) is 0.755. The van der Waals surface area contributed by atoms with Crippen molar-refractivity contribution in [3.05, 3.63) is 0 Å². The van der Waals surface area contributed by atoms with Gasteiger partial charge in [-0.1, -0.05) is 0 Å². The lowest BCUT2D eigenvalue weighted by Gasteiger charge is -2.30. The molecule has 0 bridgehead atoms. The average molecular weight is 272 g/mol. The van der Waals surface area contributed by atoms with Crippen molar-refractivity contribution in [2.75, 3.05) is 13.2 Å². The number of piperidine rings is 1. The van der Waals surface area contributed by atoms with Crippen LogP contribution in [0.15, 0.2) is 0 Å². The van der Waals surface area contributed by atoms with Gasteiger partial charge in [0.2, 0.25) is 0 Å². The molecule has 2 atom stereocenters. The van der Waals surface area contributed by atoms with Crippen molar-refractivity contribution in [3.63, 3.8) is 0 Å². The van der Waals surface area contributed by atoms with Crippen LogP contribution in [0, 0.1) is 0 Å². The Kier molecular flexibility index (Phi) is 5.60. The normalized spacial score (nSPS) is 23.6. The van der Waals surface area contributed by atoms with E-state index in [1.54, 1.807) is 6.92 Å². The fraction of sp³-hybridized carbons (Fsp3) is 0.846. The van der Waals surface area contributed by atoms with E-state index in [-0.39, 0.29) is 18.1 Å². The summed E-state index contributed by atoms with van der Waals surface area (Å²) in [6.07, 6.45) is 0.962. The Bertz CT molecular complexity index is 317.